The molecule has 0 bridgehead atoms. The lowest BCUT2D eigenvalue weighted by molar-refractivity contribution is 0.175. The molecule has 1 fully saturated rings. The van der Waals surface area contributed by atoms with Gasteiger partial charge in [0.2, 0.25) is 0 Å². The molecule has 96 valence electrons. The summed E-state index contributed by atoms with van der Waals surface area (Å²) < 4.78 is 0. The van der Waals surface area contributed by atoms with Gasteiger partial charge in [0, 0.05) is 30.9 Å². The molecule has 1 unspecified atom stereocenters. The second-order valence-corrected chi connectivity index (χ2v) is 6.95. The molecular weight excluding hydrogens is 216 g/mol. The second-order valence-electron chi connectivity index (χ2n) is 6.04. The molecule has 0 aromatic carbocycles. The maximum absolute atomic E-state index is 3.64. The van der Waals surface area contributed by atoms with E-state index in [4.69, 9.17) is 0 Å². The van der Waals surface area contributed by atoms with E-state index in [0.29, 0.717) is 11.5 Å². The van der Waals surface area contributed by atoms with E-state index in [1.165, 1.54) is 25.1 Å². The first-order valence-electron chi connectivity index (χ1n) is 6.37. The molecule has 1 rings (SSSR count). The van der Waals surface area contributed by atoms with Gasteiger partial charge in [-0.15, -0.1) is 0 Å². The molecule has 0 aromatic rings. The topological polar surface area (TPSA) is 15.3 Å². The lowest BCUT2D eigenvalue weighted by Gasteiger charge is -2.34. The smallest absolute Gasteiger partial charge is 0.0155 e. The Morgan fingerprint density at radius 3 is 2.56 bits per heavy atom. The number of nitrogens with one attached hydrogen (secondary N) is 1. The van der Waals surface area contributed by atoms with Crippen LogP contribution in [0.15, 0.2) is 0 Å². The van der Waals surface area contributed by atoms with Gasteiger partial charge in [-0.05, 0) is 38.5 Å². The molecule has 1 atom stereocenters. The zero-order valence-corrected chi connectivity index (χ0v) is 12.4. The predicted octanol–water partition coefficient (Wildman–Crippen LogP) is 2.45. The monoisotopic (exact) mass is 244 g/mol. The summed E-state index contributed by atoms with van der Waals surface area (Å²) in [5, 5.41) is 3.64. The number of hydrogen-bond acceptors (Lipinski definition) is 3. The van der Waals surface area contributed by atoms with Crippen molar-refractivity contribution >= 4 is 11.8 Å². The third-order valence-electron chi connectivity index (χ3n) is 3.28. The van der Waals surface area contributed by atoms with Crippen molar-refractivity contribution in [1.82, 2.24) is 10.2 Å². The first kappa shape index (κ1) is 14.3. The summed E-state index contributed by atoms with van der Waals surface area (Å²) in [5.41, 5.74) is 0.379. The summed E-state index contributed by atoms with van der Waals surface area (Å²) in [6.45, 7) is 9.37. The Balaban J connectivity index is 2.25. The number of nitrogens with zero attached hydrogens (tertiary/aromatic N) is 1. The fraction of sp³-hybridized carbons (Fsp3) is 1.00. The lowest BCUT2D eigenvalue weighted by Crippen LogP contribution is -2.43. The summed E-state index contributed by atoms with van der Waals surface area (Å²) in [4.78, 5) is 2.49. The molecule has 0 heterocycles. The minimum Gasteiger partial charge on any atom is -0.313 e. The van der Waals surface area contributed by atoms with Crippen LogP contribution < -0.4 is 5.32 Å². The molecular formula is C13H28N2S. The number of rotatable bonds is 8. The second kappa shape index (κ2) is 6.27. The van der Waals surface area contributed by atoms with Crippen LogP contribution in [0.25, 0.3) is 0 Å². The van der Waals surface area contributed by atoms with Gasteiger partial charge in [0.05, 0.1) is 0 Å². The van der Waals surface area contributed by atoms with E-state index in [1.54, 1.807) is 0 Å². The molecule has 0 aliphatic heterocycles. The average Bonchev–Trinajstić information content (AvgIpc) is 2.98. The summed E-state index contributed by atoms with van der Waals surface area (Å²) in [7, 11) is 2.25. The molecule has 0 spiro atoms. The maximum atomic E-state index is 3.64. The highest BCUT2D eigenvalue weighted by Gasteiger charge is 2.26. The van der Waals surface area contributed by atoms with Crippen molar-refractivity contribution in [2.75, 3.05) is 32.1 Å². The third-order valence-corrected chi connectivity index (χ3v) is 4.10. The van der Waals surface area contributed by atoms with Crippen molar-refractivity contribution in [3.63, 3.8) is 0 Å². The summed E-state index contributed by atoms with van der Waals surface area (Å²) in [6, 6.07) is 1.50. The SMILES string of the molecule is CSCC(C)N(C)CC(C)(C)CNC1CC1. The van der Waals surface area contributed by atoms with Gasteiger partial charge < -0.3 is 10.2 Å². The summed E-state index contributed by atoms with van der Waals surface area (Å²) >= 11 is 1.94. The van der Waals surface area contributed by atoms with E-state index >= 15 is 0 Å². The molecule has 2 nitrogen and oxygen atoms in total. The lowest BCUT2D eigenvalue weighted by atomic mass is 9.92. The van der Waals surface area contributed by atoms with E-state index in [9.17, 15) is 0 Å². The van der Waals surface area contributed by atoms with Crippen molar-refractivity contribution in [2.24, 2.45) is 5.41 Å². The summed E-state index contributed by atoms with van der Waals surface area (Å²) in [5.74, 6) is 1.22. The zero-order chi connectivity index (χ0) is 12.2. The Morgan fingerprint density at radius 1 is 1.44 bits per heavy atom. The highest BCUT2D eigenvalue weighted by molar-refractivity contribution is 7.98. The fourth-order valence-corrected chi connectivity index (χ4v) is 2.70. The Bertz CT molecular complexity index is 202. The van der Waals surface area contributed by atoms with Gasteiger partial charge in [-0.25, -0.2) is 0 Å². The van der Waals surface area contributed by atoms with Crippen molar-refractivity contribution in [1.29, 1.82) is 0 Å². The van der Waals surface area contributed by atoms with E-state index in [0.717, 1.165) is 12.6 Å². The molecule has 0 saturated heterocycles. The van der Waals surface area contributed by atoms with E-state index in [1.807, 2.05) is 11.8 Å². The first-order chi connectivity index (χ1) is 7.44. The van der Waals surface area contributed by atoms with Crippen molar-refractivity contribution in [3.05, 3.63) is 0 Å². The van der Waals surface area contributed by atoms with Crippen molar-refractivity contribution in [2.45, 2.75) is 45.7 Å². The van der Waals surface area contributed by atoms with Gasteiger partial charge in [-0.2, -0.15) is 11.8 Å². The quantitative estimate of drug-likeness (QED) is 0.706. The Kier molecular flexibility index (Phi) is 5.62. The van der Waals surface area contributed by atoms with Crippen LogP contribution in [0.4, 0.5) is 0 Å². The van der Waals surface area contributed by atoms with Crippen LogP contribution in [0.3, 0.4) is 0 Å². The van der Waals surface area contributed by atoms with Crippen LogP contribution in [0, 0.1) is 5.41 Å². The molecule has 0 aromatic heterocycles. The van der Waals surface area contributed by atoms with Gasteiger partial charge in [-0.3, -0.25) is 0 Å². The highest BCUT2D eigenvalue weighted by Crippen LogP contribution is 2.22. The molecule has 1 aliphatic carbocycles. The van der Waals surface area contributed by atoms with Gasteiger partial charge >= 0.3 is 0 Å². The first-order valence-corrected chi connectivity index (χ1v) is 7.76. The molecule has 0 radical (unpaired) electrons. The van der Waals surface area contributed by atoms with Gasteiger partial charge in [0.1, 0.15) is 0 Å². The molecule has 16 heavy (non-hydrogen) atoms. The Hall–Kier alpha value is 0.270. The predicted molar refractivity (Wildman–Crippen MR) is 75.3 cm³/mol. The van der Waals surface area contributed by atoms with Crippen LogP contribution in [0.2, 0.25) is 0 Å². The average molecular weight is 244 g/mol. The minimum atomic E-state index is 0.379. The van der Waals surface area contributed by atoms with Crippen LogP contribution in [-0.2, 0) is 0 Å². The molecule has 1 N–H and O–H groups in total. The molecule has 3 heteroatoms. The fourth-order valence-electron chi connectivity index (χ4n) is 1.96. The Labute approximate surface area is 106 Å². The molecule has 1 saturated carbocycles. The van der Waals surface area contributed by atoms with Crippen molar-refractivity contribution in [3.8, 4) is 0 Å². The largest absolute Gasteiger partial charge is 0.313 e. The zero-order valence-electron chi connectivity index (χ0n) is 11.5. The third kappa shape index (κ3) is 5.55. The van der Waals surface area contributed by atoms with Crippen molar-refractivity contribution < 1.29 is 0 Å². The highest BCUT2D eigenvalue weighted by atomic mass is 32.2. The minimum absolute atomic E-state index is 0.379. The summed E-state index contributed by atoms with van der Waals surface area (Å²) in [6.07, 6.45) is 4.95. The Morgan fingerprint density at radius 2 is 2.06 bits per heavy atom. The number of hydrogen-bond donors (Lipinski definition) is 1. The van der Waals surface area contributed by atoms with Gasteiger partial charge in [0.15, 0.2) is 0 Å². The van der Waals surface area contributed by atoms with E-state index in [2.05, 4.69) is 44.3 Å². The molecule has 1 aliphatic rings. The van der Waals surface area contributed by atoms with Crippen LogP contribution in [-0.4, -0.2) is 49.1 Å². The number of thioether (sulfide) groups is 1. The van der Waals surface area contributed by atoms with Gasteiger partial charge in [-0.1, -0.05) is 13.8 Å². The van der Waals surface area contributed by atoms with Crippen LogP contribution in [0.1, 0.15) is 33.6 Å². The van der Waals surface area contributed by atoms with E-state index < -0.39 is 0 Å². The van der Waals surface area contributed by atoms with Gasteiger partial charge in [0.25, 0.3) is 0 Å². The van der Waals surface area contributed by atoms with Crippen LogP contribution in [0.5, 0.6) is 0 Å². The van der Waals surface area contributed by atoms with Crippen LogP contribution >= 0.6 is 11.8 Å². The van der Waals surface area contributed by atoms with E-state index in [-0.39, 0.29) is 0 Å². The molecule has 0 amide bonds. The normalized spacial score (nSPS) is 19.1. The standard InChI is InChI=1S/C13H28N2S/c1-11(8-16-5)15(4)10-13(2,3)9-14-12-6-7-12/h11-12,14H,6-10H2,1-5H3. The maximum Gasteiger partial charge on any atom is 0.0155 e.